The van der Waals surface area contributed by atoms with E-state index < -0.39 is 64.8 Å². The summed E-state index contributed by atoms with van der Waals surface area (Å²) in [5, 5.41) is 0. The van der Waals surface area contributed by atoms with Crippen LogP contribution in [0.4, 0.5) is 79.0 Å². The van der Waals surface area contributed by atoms with Crippen molar-refractivity contribution >= 4 is 0 Å². The Morgan fingerprint density at radius 3 is 1.14 bits per heavy atom. The maximum atomic E-state index is 13.6. The van der Waals surface area contributed by atoms with E-state index in [4.69, 9.17) is 0 Å². The van der Waals surface area contributed by atoms with Gasteiger partial charge in [0.05, 0.1) is 0 Å². The number of halogens is 18. The molecule has 1 aliphatic carbocycles. The highest BCUT2D eigenvalue weighted by atomic mass is 19.4. The van der Waals surface area contributed by atoms with E-state index in [0.29, 0.717) is 0 Å². The van der Waals surface area contributed by atoms with Gasteiger partial charge in [-0.2, -0.15) is 74.6 Å². The summed E-state index contributed by atoms with van der Waals surface area (Å²) in [5.41, 5.74) is -18.1. The fourth-order valence-corrected chi connectivity index (χ4v) is 2.39. The Kier molecular flexibility index (Phi) is 5.33. The molecule has 0 nitrogen and oxygen atoms in total. The SMILES string of the molecule is FC(F)=C1C(C(C(F)(F)F)(C(F)(F)F)C(F)(F)F)=C(F)C(F)(F)C(F)(F)C1(F)F. The molecule has 0 saturated carbocycles. The van der Waals surface area contributed by atoms with Gasteiger partial charge >= 0.3 is 36.3 Å². The topological polar surface area (TPSA) is 0 Å². The van der Waals surface area contributed by atoms with Gasteiger partial charge in [0, 0.05) is 5.57 Å². The monoisotopic (exact) mass is 474 g/mol. The van der Waals surface area contributed by atoms with Crippen LogP contribution in [0.5, 0.6) is 0 Å². The maximum absolute atomic E-state index is 13.6. The van der Waals surface area contributed by atoms with E-state index in [9.17, 15) is 79.0 Å². The molecule has 0 aromatic carbocycles. The predicted octanol–water partition coefficient (Wildman–Crippen LogP) is 6.95. The van der Waals surface area contributed by atoms with Crippen molar-refractivity contribution in [2.45, 2.75) is 36.3 Å². The molecule has 0 unspecified atom stereocenters. The van der Waals surface area contributed by atoms with E-state index in [1.807, 2.05) is 0 Å². The first-order chi connectivity index (χ1) is 12.3. The molecule has 0 saturated heterocycles. The molecule has 0 spiro atoms. The first kappa shape index (κ1) is 25.3. The average molecular weight is 474 g/mol. The third-order valence-electron chi connectivity index (χ3n) is 3.69. The van der Waals surface area contributed by atoms with E-state index in [1.165, 1.54) is 0 Å². The quantitative estimate of drug-likeness (QED) is 0.361. The van der Waals surface area contributed by atoms with E-state index >= 15 is 0 Å². The number of alkyl halides is 15. The van der Waals surface area contributed by atoms with Crippen LogP contribution in [0.15, 0.2) is 23.1 Å². The van der Waals surface area contributed by atoms with Gasteiger partial charge in [0.15, 0.2) is 5.83 Å². The van der Waals surface area contributed by atoms with Gasteiger partial charge in [-0.3, -0.25) is 0 Å². The molecule has 18 heteroatoms. The van der Waals surface area contributed by atoms with Gasteiger partial charge in [-0.05, 0) is 0 Å². The van der Waals surface area contributed by atoms with E-state index in [-0.39, 0.29) is 0 Å². The highest BCUT2D eigenvalue weighted by Crippen LogP contribution is 2.71. The van der Waals surface area contributed by atoms with Crippen LogP contribution >= 0.6 is 0 Å². The summed E-state index contributed by atoms with van der Waals surface area (Å²) in [7, 11) is 0. The summed E-state index contributed by atoms with van der Waals surface area (Å²) in [6, 6.07) is 0. The summed E-state index contributed by atoms with van der Waals surface area (Å²) in [6.07, 6.45) is -29.2. The Morgan fingerprint density at radius 2 is 0.897 bits per heavy atom. The fraction of sp³-hybridized carbons (Fsp3) is 0.636. The zero-order valence-corrected chi connectivity index (χ0v) is 12.3. The minimum absolute atomic E-state index is 4.82. The number of hydrogen-bond acceptors (Lipinski definition) is 0. The van der Waals surface area contributed by atoms with Crippen LogP contribution in [-0.4, -0.2) is 36.3 Å². The lowest BCUT2D eigenvalue weighted by atomic mass is 9.68. The Balaban J connectivity index is 4.54. The van der Waals surface area contributed by atoms with Crippen LogP contribution in [-0.2, 0) is 0 Å². The zero-order valence-electron chi connectivity index (χ0n) is 12.3. The number of rotatable bonds is 1. The second kappa shape index (κ2) is 6.12. The molecule has 0 bridgehead atoms. The van der Waals surface area contributed by atoms with Gasteiger partial charge in [0.1, 0.15) is 5.57 Å². The summed E-state index contributed by atoms with van der Waals surface area (Å²) in [4.78, 5) is 0. The molecular formula is C11F18. The highest BCUT2D eigenvalue weighted by Gasteiger charge is 2.91. The third-order valence-corrected chi connectivity index (χ3v) is 3.69. The molecule has 1 aliphatic rings. The van der Waals surface area contributed by atoms with Crippen molar-refractivity contribution in [2.24, 2.45) is 5.41 Å². The molecule has 170 valence electrons. The minimum Gasteiger partial charge on any atom is -0.205 e. The molecule has 0 heterocycles. The van der Waals surface area contributed by atoms with Gasteiger partial charge < -0.3 is 0 Å². The normalized spacial score (nSPS) is 22.8. The van der Waals surface area contributed by atoms with Crippen LogP contribution in [0.2, 0.25) is 0 Å². The Labute approximate surface area is 145 Å². The summed E-state index contributed by atoms with van der Waals surface area (Å²) in [6.45, 7) is 0. The van der Waals surface area contributed by atoms with Gasteiger partial charge in [0.25, 0.3) is 11.5 Å². The molecule has 0 amide bonds. The lowest BCUT2D eigenvalue weighted by molar-refractivity contribution is -0.413. The second-order valence-electron chi connectivity index (χ2n) is 5.29. The molecule has 0 N–H and O–H groups in total. The Bertz CT molecular complexity index is 697. The molecule has 0 radical (unpaired) electrons. The summed E-state index contributed by atoms with van der Waals surface area (Å²) < 4.78 is 234. The van der Waals surface area contributed by atoms with Crippen LogP contribution in [0.3, 0.4) is 0 Å². The molecule has 0 fully saturated rings. The van der Waals surface area contributed by atoms with Crippen molar-refractivity contribution in [3.63, 3.8) is 0 Å². The zero-order chi connectivity index (χ0) is 23.8. The first-order valence-electron chi connectivity index (χ1n) is 6.15. The first-order valence-corrected chi connectivity index (χ1v) is 6.15. The van der Waals surface area contributed by atoms with Crippen molar-refractivity contribution in [1.82, 2.24) is 0 Å². The van der Waals surface area contributed by atoms with Gasteiger partial charge in [-0.15, -0.1) is 0 Å². The molecular weight excluding hydrogens is 474 g/mol. The average Bonchev–Trinajstić information content (AvgIpc) is 2.38. The lowest BCUT2D eigenvalue weighted by Crippen LogP contribution is -2.67. The van der Waals surface area contributed by atoms with E-state index in [1.54, 1.807) is 0 Å². The molecule has 0 aromatic rings. The lowest BCUT2D eigenvalue weighted by Gasteiger charge is -2.46. The molecule has 0 aliphatic heterocycles. The van der Waals surface area contributed by atoms with Crippen molar-refractivity contribution in [1.29, 1.82) is 0 Å². The minimum atomic E-state index is -8.14. The van der Waals surface area contributed by atoms with Crippen LogP contribution in [0.1, 0.15) is 0 Å². The third kappa shape index (κ3) is 2.87. The largest absolute Gasteiger partial charge is 0.416 e. The molecule has 1 rings (SSSR count). The van der Waals surface area contributed by atoms with Crippen LogP contribution in [0, 0.1) is 5.41 Å². The molecule has 29 heavy (non-hydrogen) atoms. The predicted molar refractivity (Wildman–Crippen MR) is 52.8 cm³/mol. The second-order valence-corrected chi connectivity index (χ2v) is 5.29. The van der Waals surface area contributed by atoms with Crippen molar-refractivity contribution in [3.05, 3.63) is 23.1 Å². The summed E-state index contributed by atoms with van der Waals surface area (Å²) in [5.74, 6) is -27.5. The van der Waals surface area contributed by atoms with Crippen molar-refractivity contribution in [2.75, 3.05) is 0 Å². The summed E-state index contributed by atoms with van der Waals surface area (Å²) >= 11 is 0. The number of hydrogen-bond donors (Lipinski definition) is 0. The van der Waals surface area contributed by atoms with Crippen molar-refractivity contribution in [3.8, 4) is 0 Å². The van der Waals surface area contributed by atoms with Gasteiger partial charge in [-0.1, -0.05) is 0 Å². The molecule has 0 aromatic heterocycles. The molecule has 0 atom stereocenters. The van der Waals surface area contributed by atoms with Gasteiger partial charge in [0.2, 0.25) is 0 Å². The van der Waals surface area contributed by atoms with E-state index in [0.717, 1.165) is 0 Å². The Morgan fingerprint density at radius 1 is 0.586 bits per heavy atom. The van der Waals surface area contributed by atoms with E-state index in [2.05, 4.69) is 0 Å². The van der Waals surface area contributed by atoms with Gasteiger partial charge in [-0.25, -0.2) is 4.39 Å². The van der Waals surface area contributed by atoms with Crippen molar-refractivity contribution < 1.29 is 79.0 Å². The Hall–Kier alpha value is -1.78. The fourth-order valence-electron chi connectivity index (χ4n) is 2.39. The van der Waals surface area contributed by atoms with Crippen LogP contribution < -0.4 is 0 Å². The maximum Gasteiger partial charge on any atom is 0.416 e. The van der Waals surface area contributed by atoms with Crippen LogP contribution in [0.25, 0.3) is 0 Å². The smallest absolute Gasteiger partial charge is 0.205 e. The standard InChI is InChI=1S/C11F18/c12-3-1(5(9(21,22)23,10(24,25)26)11(27,28)29)2(4(13)14)6(15,16)8(19,20)7(3,17)18. The number of allylic oxidation sites excluding steroid dienone is 3. The highest BCUT2D eigenvalue weighted by molar-refractivity contribution is 5.54.